The molecule has 0 amide bonds. The Morgan fingerprint density at radius 1 is 1.25 bits per heavy atom. The van der Waals surface area contributed by atoms with Gasteiger partial charge in [0, 0.05) is 12.4 Å². The first-order chi connectivity index (χ1) is 7.79. The van der Waals surface area contributed by atoms with E-state index in [0.29, 0.717) is 0 Å². The predicted octanol–water partition coefficient (Wildman–Crippen LogP) is 3.24. The van der Waals surface area contributed by atoms with Gasteiger partial charge in [0.15, 0.2) is 0 Å². The standard InChI is InChI=1S/C14H20ClN/c1-16(9-3-8-15)11-12-6-7-13-4-2-5-14(13)10-12/h6-7,10H,2-5,8-9,11H2,1H3. The van der Waals surface area contributed by atoms with E-state index in [1.54, 1.807) is 11.1 Å². The molecule has 1 aliphatic carbocycles. The maximum Gasteiger partial charge on any atom is 0.0235 e. The van der Waals surface area contributed by atoms with Crippen molar-refractivity contribution in [2.45, 2.75) is 32.2 Å². The normalized spacial score (nSPS) is 14.4. The Morgan fingerprint density at radius 2 is 2.06 bits per heavy atom. The number of rotatable bonds is 5. The van der Waals surface area contributed by atoms with E-state index in [1.165, 1.54) is 24.8 Å². The van der Waals surface area contributed by atoms with Crippen molar-refractivity contribution in [2.24, 2.45) is 0 Å². The SMILES string of the molecule is CN(CCCCl)Cc1ccc2c(c1)CCC2. The highest BCUT2D eigenvalue weighted by molar-refractivity contribution is 6.17. The fraction of sp³-hybridized carbons (Fsp3) is 0.571. The van der Waals surface area contributed by atoms with Gasteiger partial charge in [-0.25, -0.2) is 0 Å². The second kappa shape index (κ2) is 5.70. The molecule has 0 heterocycles. The lowest BCUT2D eigenvalue weighted by Gasteiger charge is -2.16. The molecule has 1 aliphatic rings. The predicted molar refractivity (Wildman–Crippen MR) is 70.1 cm³/mol. The van der Waals surface area contributed by atoms with Crippen LogP contribution in [0.4, 0.5) is 0 Å². The average Bonchev–Trinajstić information content (AvgIpc) is 2.73. The lowest BCUT2D eigenvalue weighted by molar-refractivity contribution is 0.328. The van der Waals surface area contributed by atoms with Crippen LogP contribution in [0.15, 0.2) is 18.2 Å². The Hall–Kier alpha value is -0.530. The fourth-order valence-corrected chi connectivity index (χ4v) is 2.56. The van der Waals surface area contributed by atoms with Crippen molar-refractivity contribution in [3.63, 3.8) is 0 Å². The van der Waals surface area contributed by atoms with E-state index in [-0.39, 0.29) is 0 Å². The van der Waals surface area contributed by atoms with Gasteiger partial charge in [-0.15, -0.1) is 11.6 Å². The molecule has 2 rings (SSSR count). The smallest absolute Gasteiger partial charge is 0.0235 e. The molecule has 0 radical (unpaired) electrons. The Labute approximate surface area is 103 Å². The molecule has 0 spiro atoms. The summed E-state index contributed by atoms with van der Waals surface area (Å²) in [5.41, 5.74) is 4.58. The zero-order valence-corrected chi connectivity index (χ0v) is 10.8. The van der Waals surface area contributed by atoms with E-state index in [0.717, 1.165) is 25.4 Å². The summed E-state index contributed by atoms with van der Waals surface area (Å²) in [4.78, 5) is 2.35. The Balaban J connectivity index is 1.94. The van der Waals surface area contributed by atoms with Crippen LogP contribution in [0, 0.1) is 0 Å². The molecular weight excluding hydrogens is 218 g/mol. The minimum atomic E-state index is 0.758. The molecule has 16 heavy (non-hydrogen) atoms. The van der Waals surface area contributed by atoms with Crippen LogP contribution in [0.5, 0.6) is 0 Å². The molecule has 0 saturated carbocycles. The third-order valence-corrected chi connectivity index (χ3v) is 3.56. The van der Waals surface area contributed by atoms with Crippen LogP contribution >= 0.6 is 11.6 Å². The van der Waals surface area contributed by atoms with Gasteiger partial charge in [0.1, 0.15) is 0 Å². The van der Waals surface area contributed by atoms with Gasteiger partial charge in [0.05, 0.1) is 0 Å². The van der Waals surface area contributed by atoms with Crippen molar-refractivity contribution in [2.75, 3.05) is 19.5 Å². The van der Waals surface area contributed by atoms with Crippen LogP contribution in [0.2, 0.25) is 0 Å². The topological polar surface area (TPSA) is 3.24 Å². The molecule has 0 aromatic heterocycles. The molecule has 0 unspecified atom stereocenters. The van der Waals surface area contributed by atoms with Crippen molar-refractivity contribution in [3.05, 3.63) is 34.9 Å². The number of halogens is 1. The minimum Gasteiger partial charge on any atom is -0.302 e. The summed E-state index contributed by atoms with van der Waals surface area (Å²) in [6.45, 7) is 2.13. The molecule has 0 fully saturated rings. The first-order valence-corrected chi connectivity index (χ1v) is 6.68. The summed E-state index contributed by atoms with van der Waals surface area (Å²) in [5.74, 6) is 0.758. The maximum atomic E-state index is 5.70. The number of benzene rings is 1. The first kappa shape index (κ1) is 11.9. The summed E-state index contributed by atoms with van der Waals surface area (Å²) in [7, 11) is 2.17. The second-order valence-electron chi connectivity index (χ2n) is 4.74. The lowest BCUT2D eigenvalue weighted by Crippen LogP contribution is -2.19. The highest BCUT2D eigenvalue weighted by Crippen LogP contribution is 2.23. The molecule has 2 heteroatoms. The largest absolute Gasteiger partial charge is 0.302 e. The number of aryl methyl sites for hydroxylation is 2. The molecule has 88 valence electrons. The molecule has 0 atom stereocenters. The summed E-state index contributed by atoms with van der Waals surface area (Å²) in [5, 5.41) is 0. The Bertz CT molecular complexity index is 349. The minimum absolute atomic E-state index is 0.758. The quantitative estimate of drug-likeness (QED) is 0.711. The van der Waals surface area contributed by atoms with Crippen LogP contribution < -0.4 is 0 Å². The third-order valence-electron chi connectivity index (χ3n) is 3.29. The van der Waals surface area contributed by atoms with E-state index in [9.17, 15) is 0 Å². The summed E-state index contributed by atoms with van der Waals surface area (Å²) in [6.07, 6.45) is 4.95. The van der Waals surface area contributed by atoms with Gasteiger partial charge in [-0.1, -0.05) is 18.2 Å². The maximum absolute atomic E-state index is 5.70. The van der Waals surface area contributed by atoms with E-state index in [4.69, 9.17) is 11.6 Å². The Kier molecular flexibility index (Phi) is 4.25. The average molecular weight is 238 g/mol. The summed E-state index contributed by atoms with van der Waals surface area (Å²) in [6, 6.07) is 6.98. The van der Waals surface area contributed by atoms with E-state index < -0.39 is 0 Å². The fourth-order valence-electron chi connectivity index (χ4n) is 2.44. The molecule has 1 aromatic rings. The lowest BCUT2D eigenvalue weighted by atomic mass is 10.1. The van der Waals surface area contributed by atoms with Gasteiger partial charge >= 0.3 is 0 Å². The van der Waals surface area contributed by atoms with E-state index in [1.807, 2.05) is 0 Å². The van der Waals surface area contributed by atoms with Gasteiger partial charge in [-0.2, -0.15) is 0 Å². The van der Waals surface area contributed by atoms with Crippen LogP contribution in [0.1, 0.15) is 29.5 Å². The van der Waals surface area contributed by atoms with Crippen LogP contribution in [0.25, 0.3) is 0 Å². The zero-order chi connectivity index (χ0) is 11.4. The van der Waals surface area contributed by atoms with Crippen molar-refractivity contribution in [1.29, 1.82) is 0 Å². The van der Waals surface area contributed by atoms with Crippen LogP contribution in [-0.2, 0) is 19.4 Å². The van der Waals surface area contributed by atoms with Crippen LogP contribution in [-0.4, -0.2) is 24.4 Å². The van der Waals surface area contributed by atoms with Gasteiger partial charge in [0.2, 0.25) is 0 Å². The van der Waals surface area contributed by atoms with Crippen molar-refractivity contribution in [1.82, 2.24) is 4.90 Å². The molecule has 0 aliphatic heterocycles. The molecule has 0 bridgehead atoms. The first-order valence-electron chi connectivity index (χ1n) is 6.15. The number of fused-ring (bicyclic) bond motifs is 1. The second-order valence-corrected chi connectivity index (χ2v) is 5.11. The number of alkyl halides is 1. The van der Waals surface area contributed by atoms with E-state index >= 15 is 0 Å². The number of hydrogen-bond acceptors (Lipinski definition) is 1. The molecule has 0 N–H and O–H groups in total. The van der Waals surface area contributed by atoms with E-state index in [2.05, 4.69) is 30.1 Å². The van der Waals surface area contributed by atoms with Gasteiger partial charge < -0.3 is 4.90 Å². The third kappa shape index (κ3) is 2.99. The number of nitrogens with zero attached hydrogens (tertiary/aromatic N) is 1. The number of hydrogen-bond donors (Lipinski definition) is 0. The highest BCUT2D eigenvalue weighted by atomic mass is 35.5. The van der Waals surface area contributed by atoms with Crippen LogP contribution in [0.3, 0.4) is 0 Å². The molecular formula is C14H20ClN. The zero-order valence-electron chi connectivity index (χ0n) is 10.0. The molecule has 1 nitrogen and oxygen atoms in total. The monoisotopic (exact) mass is 237 g/mol. The molecule has 0 saturated heterocycles. The van der Waals surface area contributed by atoms with Gasteiger partial charge in [-0.05, 0) is 56.0 Å². The van der Waals surface area contributed by atoms with Crippen molar-refractivity contribution >= 4 is 11.6 Å². The Morgan fingerprint density at radius 3 is 2.88 bits per heavy atom. The van der Waals surface area contributed by atoms with Crippen molar-refractivity contribution in [3.8, 4) is 0 Å². The summed E-state index contributed by atoms with van der Waals surface area (Å²) < 4.78 is 0. The molecule has 1 aromatic carbocycles. The van der Waals surface area contributed by atoms with Crippen molar-refractivity contribution < 1.29 is 0 Å². The van der Waals surface area contributed by atoms with Gasteiger partial charge in [-0.3, -0.25) is 0 Å². The highest BCUT2D eigenvalue weighted by Gasteiger charge is 2.11. The van der Waals surface area contributed by atoms with Gasteiger partial charge in [0.25, 0.3) is 0 Å². The summed E-state index contributed by atoms with van der Waals surface area (Å²) >= 11 is 5.70.